The van der Waals surface area contributed by atoms with Crippen LogP contribution >= 0.6 is 46.6 Å². The molecule has 6 heteroatoms. The maximum Gasteiger partial charge on any atom is 0.263 e. The molecule has 0 unspecified atom stereocenters. The molecule has 3 nitrogen and oxygen atoms in total. The van der Waals surface area contributed by atoms with Gasteiger partial charge in [0.2, 0.25) is 0 Å². The van der Waals surface area contributed by atoms with Crippen LogP contribution in [0.15, 0.2) is 35.2 Å². The standard InChI is InChI=1S/C16H13IN2OS2/c1-9-6-11(7-14-15(20)18-16(21)22-14)10(2)19(9)13-5-3-4-12(17)8-13/h3-8H,1-2H3,(H,18,20,21)/b14-7-. The van der Waals surface area contributed by atoms with Crippen molar-refractivity contribution in [2.45, 2.75) is 13.8 Å². The molecule has 22 heavy (non-hydrogen) atoms. The van der Waals surface area contributed by atoms with Crippen LogP contribution < -0.4 is 5.32 Å². The summed E-state index contributed by atoms with van der Waals surface area (Å²) in [5, 5.41) is 2.65. The molecule has 0 saturated carbocycles. The summed E-state index contributed by atoms with van der Waals surface area (Å²) in [4.78, 5) is 12.5. The van der Waals surface area contributed by atoms with E-state index in [1.807, 2.05) is 12.1 Å². The SMILES string of the molecule is Cc1cc(/C=C2\SC(=S)NC2=O)c(C)n1-c1cccc(I)c1. The van der Waals surface area contributed by atoms with Crippen LogP contribution in [0.4, 0.5) is 0 Å². The molecule has 1 aliphatic rings. The van der Waals surface area contributed by atoms with Crippen LogP contribution in [-0.2, 0) is 4.79 Å². The molecule has 0 radical (unpaired) electrons. The smallest absolute Gasteiger partial charge is 0.263 e. The van der Waals surface area contributed by atoms with Gasteiger partial charge in [-0.2, -0.15) is 0 Å². The number of hydrogen-bond donors (Lipinski definition) is 1. The molecule has 0 bridgehead atoms. The summed E-state index contributed by atoms with van der Waals surface area (Å²) in [6.45, 7) is 4.14. The van der Waals surface area contributed by atoms with Gasteiger partial charge in [0.1, 0.15) is 4.32 Å². The van der Waals surface area contributed by atoms with Crippen molar-refractivity contribution in [2.75, 3.05) is 0 Å². The number of carbonyl (C=O) groups excluding carboxylic acids is 1. The molecule has 1 saturated heterocycles. The Bertz CT molecular complexity index is 824. The molecule has 0 aliphatic carbocycles. The number of thioether (sulfide) groups is 1. The maximum absolute atomic E-state index is 11.8. The quantitative estimate of drug-likeness (QED) is 0.432. The number of nitrogens with zero attached hydrogens (tertiary/aromatic N) is 1. The number of hydrogen-bond acceptors (Lipinski definition) is 3. The molecular formula is C16H13IN2OS2. The Labute approximate surface area is 152 Å². The second-order valence-corrected chi connectivity index (χ2v) is 7.96. The van der Waals surface area contributed by atoms with Crippen LogP contribution in [0, 0.1) is 17.4 Å². The highest BCUT2D eigenvalue weighted by Crippen LogP contribution is 2.29. The van der Waals surface area contributed by atoms with Gasteiger partial charge in [0, 0.05) is 20.6 Å². The lowest BCUT2D eigenvalue weighted by atomic mass is 10.2. The number of thiocarbonyl (C=S) groups is 1. The first kappa shape index (κ1) is 15.8. The Morgan fingerprint density at radius 3 is 2.73 bits per heavy atom. The fraction of sp³-hybridized carbons (Fsp3) is 0.125. The molecule has 1 aliphatic heterocycles. The van der Waals surface area contributed by atoms with Gasteiger partial charge in [0.05, 0.1) is 4.91 Å². The first-order chi connectivity index (χ1) is 10.5. The predicted octanol–water partition coefficient (Wildman–Crippen LogP) is 4.19. The third kappa shape index (κ3) is 3.00. The third-order valence-corrected chi connectivity index (χ3v) is 5.30. The highest BCUT2D eigenvalue weighted by Gasteiger charge is 2.22. The fourth-order valence-corrected chi connectivity index (χ4v) is 4.07. The van der Waals surface area contributed by atoms with Crippen molar-refractivity contribution in [3.8, 4) is 5.69 Å². The normalized spacial score (nSPS) is 16.4. The molecule has 1 aromatic carbocycles. The number of halogens is 1. The molecule has 2 heterocycles. The van der Waals surface area contributed by atoms with Crippen LogP contribution in [-0.4, -0.2) is 14.8 Å². The van der Waals surface area contributed by atoms with E-state index < -0.39 is 0 Å². The monoisotopic (exact) mass is 440 g/mol. The molecule has 3 rings (SSSR count). The lowest BCUT2D eigenvalue weighted by Crippen LogP contribution is -2.17. The molecule has 1 amide bonds. The summed E-state index contributed by atoms with van der Waals surface area (Å²) in [5.41, 5.74) is 4.42. The van der Waals surface area contributed by atoms with Crippen LogP contribution in [0.2, 0.25) is 0 Å². The van der Waals surface area contributed by atoms with Gasteiger partial charge in [-0.25, -0.2) is 0 Å². The summed E-state index contributed by atoms with van der Waals surface area (Å²) < 4.78 is 3.91. The van der Waals surface area contributed by atoms with Crippen molar-refractivity contribution in [3.63, 3.8) is 0 Å². The molecule has 1 N–H and O–H groups in total. The molecule has 1 aromatic heterocycles. The number of rotatable bonds is 2. The third-order valence-electron chi connectivity index (χ3n) is 3.47. The molecular weight excluding hydrogens is 427 g/mol. The van der Waals surface area contributed by atoms with Crippen molar-refractivity contribution in [3.05, 3.63) is 55.8 Å². The Morgan fingerprint density at radius 1 is 1.32 bits per heavy atom. The van der Waals surface area contributed by atoms with Gasteiger partial charge < -0.3 is 9.88 Å². The van der Waals surface area contributed by atoms with Gasteiger partial charge in [-0.15, -0.1) is 0 Å². The van der Waals surface area contributed by atoms with E-state index in [1.54, 1.807) is 0 Å². The van der Waals surface area contributed by atoms with Crippen molar-refractivity contribution in [1.29, 1.82) is 0 Å². The Balaban J connectivity index is 2.06. The lowest BCUT2D eigenvalue weighted by Gasteiger charge is -2.10. The Morgan fingerprint density at radius 2 is 2.09 bits per heavy atom. The second-order valence-electron chi connectivity index (χ2n) is 4.99. The zero-order valence-electron chi connectivity index (χ0n) is 12.0. The van der Waals surface area contributed by atoms with Gasteiger partial charge in [0.15, 0.2) is 0 Å². The van der Waals surface area contributed by atoms with Crippen LogP contribution in [0.5, 0.6) is 0 Å². The number of aryl methyl sites for hydroxylation is 1. The van der Waals surface area contributed by atoms with Gasteiger partial charge in [-0.3, -0.25) is 4.79 Å². The zero-order chi connectivity index (χ0) is 15.9. The van der Waals surface area contributed by atoms with Gasteiger partial charge >= 0.3 is 0 Å². The number of carbonyl (C=O) groups is 1. The molecule has 0 spiro atoms. The molecule has 1 fully saturated rings. The second kappa shape index (κ2) is 6.17. The predicted molar refractivity (Wildman–Crippen MR) is 104 cm³/mol. The van der Waals surface area contributed by atoms with Crippen molar-refractivity contribution >= 4 is 62.9 Å². The topological polar surface area (TPSA) is 34.0 Å². The van der Waals surface area contributed by atoms with E-state index in [4.69, 9.17) is 12.2 Å². The Kier molecular flexibility index (Phi) is 4.42. The number of nitrogens with one attached hydrogen (secondary N) is 1. The average Bonchev–Trinajstić information content (AvgIpc) is 2.90. The minimum absolute atomic E-state index is 0.117. The lowest BCUT2D eigenvalue weighted by molar-refractivity contribution is -0.115. The minimum atomic E-state index is -0.117. The van der Waals surface area contributed by atoms with Crippen molar-refractivity contribution in [1.82, 2.24) is 9.88 Å². The van der Waals surface area contributed by atoms with Gasteiger partial charge in [-0.05, 0) is 72.3 Å². The highest BCUT2D eigenvalue weighted by atomic mass is 127. The minimum Gasteiger partial charge on any atom is -0.318 e. The van der Waals surface area contributed by atoms with Crippen LogP contribution in [0.3, 0.4) is 0 Å². The summed E-state index contributed by atoms with van der Waals surface area (Å²) in [6.07, 6.45) is 1.91. The average molecular weight is 440 g/mol. The zero-order valence-corrected chi connectivity index (χ0v) is 15.8. The number of amides is 1. The highest BCUT2D eigenvalue weighted by molar-refractivity contribution is 14.1. The van der Waals surface area contributed by atoms with Crippen molar-refractivity contribution in [2.24, 2.45) is 0 Å². The summed E-state index contributed by atoms with van der Waals surface area (Å²) in [7, 11) is 0. The summed E-state index contributed by atoms with van der Waals surface area (Å²) in [5.74, 6) is -0.117. The first-order valence-corrected chi connectivity index (χ1v) is 8.96. The van der Waals surface area contributed by atoms with Crippen molar-refractivity contribution < 1.29 is 4.79 Å². The number of benzene rings is 1. The van der Waals surface area contributed by atoms with Gasteiger partial charge in [0.25, 0.3) is 5.91 Å². The molecule has 2 aromatic rings. The maximum atomic E-state index is 11.8. The van der Waals surface area contributed by atoms with E-state index in [9.17, 15) is 4.79 Å². The van der Waals surface area contributed by atoms with E-state index in [2.05, 4.69) is 70.6 Å². The first-order valence-electron chi connectivity index (χ1n) is 6.65. The Hall–Kier alpha value is -1.12. The summed E-state index contributed by atoms with van der Waals surface area (Å²) >= 11 is 8.65. The van der Waals surface area contributed by atoms with E-state index in [1.165, 1.54) is 15.3 Å². The summed E-state index contributed by atoms with van der Waals surface area (Å²) in [6, 6.07) is 10.4. The van der Waals surface area contributed by atoms with Gasteiger partial charge in [-0.1, -0.05) is 30.0 Å². The van der Waals surface area contributed by atoms with E-state index in [0.717, 1.165) is 22.6 Å². The molecule has 0 atom stereocenters. The van der Waals surface area contributed by atoms with E-state index >= 15 is 0 Å². The van der Waals surface area contributed by atoms with E-state index in [0.29, 0.717) is 9.23 Å². The fourth-order valence-electron chi connectivity index (χ4n) is 2.51. The largest absolute Gasteiger partial charge is 0.318 e. The molecule has 112 valence electrons. The number of aromatic nitrogens is 1. The van der Waals surface area contributed by atoms with E-state index in [-0.39, 0.29) is 5.91 Å². The van der Waals surface area contributed by atoms with Crippen LogP contribution in [0.1, 0.15) is 17.0 Å². The van der Waals surface area contributed by atoms with Crippen LogP contribution in [0.25, 0.3) is 11.8 Å².